The molecule has 2 atom stereocenters. The van der Waals surface area contributed by atoms with Crippen molar-refractivity contribution in [3.05, 3.63) is 0 Å². The van der Waals surface area contributed by atoms with Gasteiger partial charge in [0.1, 0.15) is 6.17 Å². The minimum atomic E-state index is -0.585. The Bertz CT molecular complexity index is 136. The molecule has 2 unspecified atom stereocenters. The summed E-state index contributed by atoms with van der Waals surface area (Å²) in [5.74, 6) is 0.730. The molecular formula is C12H26FN. The van der Waals surface area contributed by atoms with Crippen LogP contribution < -0.4 is 0 Å². The lowest BCUT2D eigenvalue weighted by Gasteiger charge is -2.35. The van der Waals surface area contributed by atoms with Crippen molar-refractivity contribution in [3.63, 3.8) is 0 Å². The molecule has 1 rings (SSSR count). The molecule has 0 saturated carbocycles. The molecule has 1 aliphatic rings. The standard InChI is InChI=1S/C10H20FN.C2H6/c1-8(2)6-10-5-4-9(11)7-12(10)3;1-2/h8-10H,4-7H2,1-3H3;1-2H3. The number of rotatable bonds is 2. The van der Waals surface area contributed by atoms with Gasteiger partial charge in [-0.05, 0) is 32.2 Å². The third-order valence-electron chi connectivity index (χ3n) is 2.67. The smallest absolute Gasteiger partial charge is 0.113 e. The number of nitrogens with zero attached hydrogens (tertiary/aromatic N) is 1. The van der Waals surface area contributed by atoms with Gasteiger partial charge in [-0.15, -0.1) is 0 Å². The third-order valence-corrected chi connectivity index (χ3v) is 2.67. The molecule has 1 nitrogen and oxygen atoms in total. The Balaban J connectivity index is 0.000000791. The van der Waals surface area contributed by atoms with Gasteiger partial charge in [0.2, 0.25) is 0 Å². The molecule has 0 amide bonds. The fraction of sp³-hybridized carbons (Fsp3) is 1.00. The van der Waals surface area contributed by atoms with Gasteiger partial charge in [-0.3, -0.25) is 0 Å². The Hall–Kier alpha value is -0.110. The van der Waals surface area contributed by atoms with E-state index in [2.05, 4.69) is 18.7 Å². The van der Waals surface area contributed by atoms with Crippen LogP contribution in [0.5, 0.6) is 0 Å². The Morgan fingerprint density at radius 3 is 2.29 bits per heavy atom. The summed E-state index contributed by atoms with van der Waals surface area (Å²) < 4.78 is 12.9. The summed E-state index contributed by atoms with van der Waals surface area (Å²) in [4.78, 5) is 2.17. The minimum absolute atomic E-state index is 0.585. The first-order valence-corrected chi connectivity index (χ1v) is 5.94. The van der Waals surface area contributed by atoms with Gasteiger partial charge >= 0.3 is 0 Å². The first-order valence-electron chi connectivity index (χ1n) is 5.94. The summed E-state index contributed by atoms with van der Waals surface area (Å²) in [6.07, 6.45) is 2.43. The first-order chi connectivity index (χ1) is 6.59. The zero-order valence-corrected chi connectivity index (χ0v) is 10.4. The topological polar surface area (TPSA) is 3.24 Å². The van der Waals surface area contributed by atoms with E-state index < -0.39 is 6.17 Å². The zero-order valence-electron chi connectivity index (χ0n) is 10.4. The summed E-state index contributed by atoms with van der Waals surface area (Å²) in [7, 11) is 2.04. The van der Waals surface area contributed by atoms with Crippen molar-refractivity contribution in [2.45, 2.75) is 59.2 Å². The van der Waals surface area contributed by atoms with E-state index in [0.717, 1.165) is 18.8 Å². The highest BCUT2D eigenvalue weighted by molar-refractivity contribution is 4.79. The molecule has 1 fully saturated rings. The van der Waals surface area contributed by atoms with Crippen LogP contribution in [0.1, 0.15) is 47.0 Å². The normalized spacial score (nSPS) is 28.5. The number of likely N-dealkylation sites (tertiary alicyclic amines) is 1. The molecule has 2 heteroatoms. The fourth-order valence-corrected chi connectivity index (χ4v) is 1.99. The predicted octanol–water partition coefficient (Wildman–Crippen LogP) is 3.49. The van der Waals surface area contributed by atoms with Crippen LogP contribution in [0.15, 0.2) is 0 Å². The number of hydrogen-bond donors (Lipinski definition) is 0. The highest BCUT2D eigenvalue weighted by Crippen LogP contribution is 2.22. The van der Waals surface area contributed by atoms with Crippen molar-refractivity contribution in [1.82, 2.24) is 4.90 Å². The highest BCUT2D eigenvalue weighted by Gasteiger charge is 2.25. The maximum absolute atomic E-state index is 12.9. The van der Waals surface area contributed by atoms with E-state index in [1.807, 2.05) is 20.9 Å². The van der Waals surface area contributed by atoms with Crippen molar-refractivity contribution in [2.24, 2.45) is 5.92 Å². The molecule has 1 aliphatic heterocycles. The monoisotopic (exact) mass is 203 g/mol. The van der Waals surface area contributed by atoms with E-state index in [-0.39, 0.29) is 0 Å². The third kappa shape index (κ3) is 4.94. The van der Waals surface area contributed by atoms with Crippen LogP contribution in [0, 0.1) is 5.92 Å². The Morgan fingerprint density at radius 1 is 1.29 bits per heavy atom. The summed E-state index contributed by atoms with van der Waals surface area (Å²) in [5, 5.41) is 0. The van der Waals surface area contributed by atoms with E-state index in [1.54, 1.807) is 0 Å². The number of piperidine rings is 1. The van der Waals surface area contributed by atoms with Crippen LogP contribution in [0.25, 0.3) is 0 Å². The molecule has 0 radical (unpaired) electrons. The highest BCUT2D eigenvalue weighted by atomic mass is 19.1. The van der Waals surface area contributed by atoms with Crippen molar-refractivity contribution in [3.8, 4) is 0 Å². The lowest BCUT2D eigenvalue weighted by atomic mass is 9.94. The molecule has 0 aliphatic carbocycles. The molecular weight excluding hydrogens is 177 g/mol. The van der Waals surface area contributed by atoms with Crippen LogP contribution in [-0.4, -0.2) is 30.7 Å². The Labute approximate surface area is 88.7 Å². The molecule has 0 bridgehead atoms. The van der Waals surface area contributed by atoms with Gasteiger partial charge in [-0.25, -0.2) is 4.39 Å². The SMILES string of the molecule is CC.CC(C)CC1CCC(F)CN1C. The maximum atomic E-state index is 12.9. The average Bonchev–Trinajstić information content (AvgIpc) is 2.13. The van der Waals surface area contributed by atoms with Crippen molar-refractivity contribution in [1.29, 1.82) is 0 Å². The van der Waals surface area contributed by atoms with Crippen LogP contribution in [0.3, 0.4) is 0 Å². The molecule has 1 saturated heterocycles. The van der Waals surface area contributed by atoms with Gasteiger partial charge in [-0.2, -0.15) is 0 Å². The Morgan fingerprint density at radius 2 is 1.86 bits per heavy atom. The van der Waals surface area contributed by atoms with Crippen molar-refractivity contribution >= 4 is 0 Å². The minimum Gasteiger partial charge on any atom is -0.301 e. The van der Waals surface area contributed by atoms with Gasteiger partial charge in [0.25, 0.3) is 0 Å². The second-order valence-corrected chi connectivity index (χ2v) is 4.40. The van der Waals surface area contributed by atoms with Gasteiger partial charge < -0.3 is 4.90 Å². The lowest BCUT2D eigenvalue weighted by molar-refractivity contribution is 0.0965. The fourth-order valence-electron chi connectivity index (χ4n) is 1.99. The second-order valence-electron chi connectivity index (χ2n) is 4.40. The second kappa shape index (κ2) is 7.22. The van der Waals surface area contributed by atoms with E-state index in [1.165, 1.54) is 6.42 Å². The molecule has 14 heavy (non-hydrogen) atoms. The van der Waals surface area contributed by atoms with E-state index in [0.29, 0.717) is 12.6 Å². The van der Waals surface area contributed by atoms with Crippen molar-refractivity contribution in [2.75, 3.05) is 13.6 Å². The average molecular weight is 203 g/mol. The van der Waals surface area contributed by atoms with Crippen LogP contribution >= 0.6 is 0 Å². The van der Waals surface area contributed by atoms with Crippen molar-refractivity contribution < 1.29 is 4.39 Å². The van der Waals surface area contributed by atoms with Gasteiger partial charge in [0, 0.05) is 12.6 Å². The molecule has 86 valence electrons. The van der Waals surface area contributed by atoms with E-state index in [4.69, 9.17) is 0 Å². The molecule has 0 spiro atoms. The number of hydrogen-bond acceptors (Lipinski definition) is 1. The summed E-state index contributed by atoms with van der Waals surface area (Å²) in [5.41, 5.74) is 0. The largest absolute Gasteiger partial charge is 0.301 e. The van der Waals surface area contributed by atoms with Gasteiger partial charge in [0.15, 0.2) is 0 Å². The molecule has 0 aromatic heterocycles. The summed E-state index contributed by atoms with van der Waals surface area (Å²) in [6, 6.07) is 0.622. The maximum Gasteiger partial charge on any atom is 0.113 e. The van der Waals surface area contributed by atoms with E-state index >= 15 is 0 Å². The van der Waals surface area contributed by atoms with Crippen LogP contribution in [0.4, 0.5) is 4.39 Å². The predicted molar refractivity (Wildman–Crippen MR) is 61.4 cm³/mol. The van der Waals surface area contributed by atoms with Crippen LogP contribution in [0.2, 0.25) is 0 Å². The Kier molecular flexibility index (Phi) is 7.16. The lowest BCUT2D eigenvalue weighted by Crippen LogP contribution is -2.42. The number of alkyl halides is 1. The van der Waals surface area contributed by atoms with E-state index in [9.17, 15) is 4.39 Å². The van der Waals surface area contributed by atoms with Gasteiger partial charge in [-0.1, -0.05) is 27.7 Å². The molecule has 0 aromatic rings. The summed E-state index contributed by atoms with van der Waals surface area (Å²) >= 11 is 0. The molecule has 0 aromatic carbocycles. The summed E-state index contributed by atoms with van der Waals surface area (Å²) in [6.45, 7) is 9.10. The quantitative estimate of drug-likeness (QED) is 0.664. The molecule has 0 N–H and O–H groups in total. The first kappa shape index (κ1) is 13.9. The van der Waals surface area contributed by atoms with Crippen LogP contribution in [-0.2, 0) is 0 Å². The molecule has 1 heterocycles. The number of halogens is 1. The zero-order chi connectivity index (χ0) is 11.1. The van der Waals surface area contributed by atoms with Gasteiger partial charge in [0.05, 0.1) is 0 Å².